The molecule has 0 bridgehead atoms. The molecule has 2 atom stereocenters. The van der Waals surface area contributed by atoms with E-state index in [1.54, 1.807) is 6.92 Å². The lowest BCUT2D eigenvalue weighted by Gasteiger charge is -2.36. The average molecular weight is 348 g/mol. The van der Waals surface area contributed by atoms with Gasteiger partial charge in [-0.1, -0.05) is 48.5 Å². The third-order valence-electron chi connectivity index (χ3n) is 5.66. The molecule has 1 N–H and O–H groups in total. The highest BCUT2D eigenvalue weighted by molar-refractivity contribution is 5.80. The summed E-state index contributed by atoms with van der Waals surface area (Å²) in [5, 5.41) is 3.20. The molecule has 1 aliphatic heterocycles. The van der Waals surface area contributed by atoms with Crippen LogP contribution in [0.15, 0.2) is 48.5 Å². The van der Waals surface area contributed by atoms with Crippen molar-refractivity contribution in [2.75, 3.05) is 6.54 Å². The smallest absolute Gasteiger partial charge is 0.222 e. The molecule has 1 heterocycles. The highest BCUT2D eigenvalue weighted by Crippen LogP contribution is 2.34. The van der Waals surface area contributed by atoms with E-state index < -0.39 is 0 Å². The van der Waals surface area contributed by atoms with E-state index in [9.17, 15) is 9.59 Å². The summed E-state index contributed by atoms with van der Waals surface area (Å²) in [5.74, 6) is 0.0446. The van der Waals surface area contributed by atoms with E-state index in [1.165, 1.54) is 16.7 Å². The van der Waals surface area contributed by atoms with E-state index in [0.29, 0.717) is 13.0 Å². The molecular formula is C22H24N2O2. The first-order chi connectivity index (χ1) is 12.6. The number of nitrogens with one attached hydrogen (secondary N) is 1. The molecule has 2 aromatic carbocycles. The second-order valence-corrected chi connectivity index (χ2v) is 7.24. The van der Waals surface area contributed by atoms with Crippen molar-refractivity contribution in [3.8, 4) is 0 Å². The topological polar surface area (TPSA) is 49.4 Å². The molecule has 0 saturated carbocycles. The Morgan fingerprint density at radius 1 is 1.00 bits per heavy atom. The van der Waals surface area contributed by atoms with Crippen LogP contribution in [0.2, 0.25) is 0 Å². The lowest BCUT2D eigenvalue weighted by atomic mass is 9.90. The molecule has 2 amide bonds. The van der Waals surface area contributed by atoms with Gasteiger partial charge in [-0.2, -0.15) is 0 Å². The second kappa shape index (κ2) is 6.94. The SMILES string of the molecule is CC(=O)N1CCc2ccccc2C1CC(=O)NC1CCc2ccccc21. The summed E-state index contributed by atoms with van der Waals surface area (Å²) >= 11 is 0. The van der Waals surface area contributed by atoms with Gasteiger partial charge in [0.2, 0.25) is 11.8 Å². The Morgan fingerprint density at radius 2 is 1.65 bits per heavy atom. The maximum atomic E-state index is 12.8. The molecular weight excluding hydrogens is 324 g/mol. The largest absolute Gasteiger partial charge is 0.349 e. The lowest BCUT2D eigenvalue weighted by Crippen LogP contribution is -2.41. The summed E-state index contributed by atoms with van der Waals surface area (Å²) in [6.45, 7) is 2.27. The summed E-state index contributed by atoms with van der Waals surface area (Å²) in [4.78, 5) is 26.7. The number of benzene rings is 2. The minimum Gasteiger partial charge on any atom is -0.349 e. The van der Waals surface area contributed by atoms with Crippen LogP contribution < -0.4 is 5.32 Å². The van der Waals surface area contributed by atoms with Crippen LogP contribution in [0.4, 0.5) is 0 Å². The first-order valence-electron chi connectivity index (χ1n) is 9.35. The first-order valence-corrected chi connectivity index (χ1v) is 9.35. The van der Waals surface area contributed by atoms with Crippen LogP contribution in [0.5, 0.6) is 0 Å². The van der Waals surface area contributed by atoms with Crippen molar-refractivity contribution in [2.45, 2.75) is 44.7 Å². The van der Waals surface area contributed by atoms with Gasteiger partial charge >= 0.3 is 0 Å². The van der Waals surface area contributed by atoms with Crippen molar-refractivity contribution in [1.82, 2.24) is 10.2 Å². The van der Waals surface area contributed by atoms with Crippen LogP contribution >= 0.6 is 0 Å². The number of carbonyl (C=O) groups is 2. The molecule has 2 aromatic rings. The number of hydrogen-bond acceptors (Lipinski definition) is 2. The molecule has 2 aliphatic rings. The molecule has 4 nitrogen and oxygen atoms in total. The Balaban J connectivity index is 1.52. The van der Waals surface area contributed by atoms with Gasteiger partial charge in [0.1, 0.15) is 0 Å². The number of aryl methyl sites for hydroxylation is 1. The Morgan fingerprint density at radius 3 is 2.38 bits per heavy atom. The third-order valence-corrected chi connectivity index (χ3v) is 5.66. The zero-order valence-corrected chi connectivity index (χ0v) is 15.1. The van der Waals surface area contributed by atoms with E-state index in [2.05, 4.69) is 23.5 Å². The van der Waals surface area contributed by atoms with Gasteiger partial charge in [0.25, 0.3) is 0 Å². The fraction of sp³-hybridized carbons (Fsp3) is 0.364. The minimum atomic E-state index is -0.172. The molecule has 0 saturated heterocycles. The fourth-order valence-corrected chi connectivity index (χ4v) is 4.38. The minimum absolute atomic E-state index is 0.0136. The van der Waals surface area contributed by atoms with Gasteiger partial charge in [0, 0.05) is 13.5 Å². The third kappa shape index (κ3) is 3.12. The maximum absolute atomic E-state index is 12.8. The van der Waals surface area contributed by atoms with Crippen LogP contribution in [0, 0.1) is 0 Å². The van der Waals surface area contributed by atoms with Gasteiger partial charge in [-0.15, -0.1) is 0 Å². The fourth-order valence-electron chi connectivity index (χ4n) is 4.38. The van der Waals surface area contributed by atoms with Crippen LogP contribution in [0.25, 0.3) is 0 Å². The zero-order valence-electron chi connectivity index (χ0n) is 15.1. The molecule has 1 aliphatic carbocycles. The van der Waals surface area contributed by atoms with Crippen LogP contribution in [0.3, 0.4) is 0 Å². The zero-order chi connectivity index (χ0) is 18.1. The lowest BCUT2D eigenvalue weighted by molar-refractivity contribution is -0.133. The Kier molecular flexibility index (Phi) is 4.49. The summed E-state index contributed by atoms with van der Waals surface area (Å²) in [6, 6.07) is 16.4. The molecule has 0 spiro atoms. The summed E-state index contributed by atoms with van der Waals surface area (Å²) in [7, 11) is 0. The first kappa shape index (κ1) is 16.8. The molecule has 4 rings (SSSR count). The van der Waals surface area contributed by atoms with Crippen molar-refractivity contribution in [3.05, 3.63) is 70.8 Å². The van der Waals surface area contributed by atoms with Crippen molar-refractivity contribution < 1.29 is 9.59 Å². The Labute approximate surface area is 154 Å². The quantitative estimate of drug-likeness (QED) is 0.925. The van der Waals surface area contributed by atoms with Gasteiger partial charge in [-0.05, 0) is 41.5 Å². The number of rotatable bonds is 3. The summed E-state index contributed by atoms with van der Waals surface area (Å²) < 4.78 is 0. The number of amides is 2. The van der Waals surface area contributed by atoms with Gasteiger partial charge in [-0.25, -0.2) is 0 Å². The monoisotopic (exact) mass is 348 g/mol. The van der Waals surface area contributed by atoms with Crippen molar-refractivity contribution in [3.63, 3.8) is 0 Å². The summed E-state index contributed by atoms with van der Waals surface area (Å²) in [6.07, 6.45) is 3.12. The number of hydrogen-bond donors (Lipinski definition) is 1. The number of carbonyl (C=O) groups excluding carboxylic acids is 2. The van der Waals surface area contributed by atoms with Crippen LogP contribution in [0.1, 0.15) is 54.1 Å². The second-order valence-electron chi connectivity index (χ2n) is 7.24. The Hall–Kier alpha value is -2.62. The van der Waals surface area contributed by atoms with Crippen molar-refractivity contribution in [2.24, 2.45) is 0 Å². The van der Waals surface area contributed by atoms with E-state index in [4.69, 9.17) is 0 Å². The molecule has 2 unspecified atom stereocenters. The van der Waals surface area contributed by atoms with Gasteiger partial charge in [0.05, 0.1) is 18.5 Å². The summed E-state index contributed by atoms with van der Waals surface area (Å²) in [5.41, 5.74) is 4.91. The van der Waals surface area contributed by atoms with Crippen molar-refractivity contribution >= 4 is 11.8 Å². The highest BCUT2D eigenvalue weighted by Gasteiger charge is 2.32. The number of nitrogens with zero attached hydrogens (tertiary/aromatic N) is 1. The van der Waals surface area contributed by atoms with E-state index >= 15 is 0 Å². The number of fused-ring (bicyclic) bond motifs is 2. The molecule has 0 fully saturated rings. The predicted molar refractivity (Wildman–Crippen MR) is 101 cm³/mol. The average Bonchev–Trinajstić information content (AvgIpc) is 3.04. The molecule has 0 aromatic heterocycles. The van der Waals surface area contributed by atoms with E-state index in [0.717, 1.165) is 24.8 Å². The normalized spacial score (nSPS) is 21.0. The predicted octanol–water partition coefficient (Wildman–Crippen LogP) is 3.33. The van der Waals surface area contributed by atoms with Gasteiger partial charge in [-0.3, -0.25) is 9.59 Å². The van der Waals surface area contributed by atoms with Crippen LogP contribution in [-0.2, 0) is 22.4 Å². The Bertz CT molecular complexity index is 846. The molecule has 134 valence electrons. The standard InChI is InChI=1S/C22H24N2O2/c1-15(25)24-13-12-17-7-3-5-9-19(17)21(24)14-22(26)23-20-11-10-16-6-2-4-8-18(16)20/h2-9,20-21H,10-14H2,1H3,(H,23,26). The maximum Gasteiger partial charge on any atom is 0.222 e. The van der Waals surface area contributed by atoms with Gasteiger partial charge in [0.15, 0.2) is 0 Å². The molecule has 0 radical (unpaired) electrons. The van der Waals surface area contributed by atoms with E-state index in [1.807, 2.05) is 35.2 Å². The van der Waals surface area contributed by atoms with Crippen LogP contribution in [-0.4, -0.2) is 23.3 Å². The highest BCUT2D eigenvalue weighted by atomic mass is 16.2. The molecule has 4 heteroatoms. The van der Waals surface area contributed by atoms with Crippen molar-refractivity contribution in [1.29, 1.82) is 0 Å². The molecule has 26 heavy (non-hydrogen) atoms. The van der Waals surface area contributed by atoms with Gasteiger partial charge < -0.3 is 10.2 Å². The van der Waals surface area contributed by atoms with E-state index in [-0.39, 0.29) is 23.9 Å².